The molecule has 160 valence electrons. The molecular formula is C25H34N4O. The SMILES string of the molecule is CCN(CC)CCCCCNc1cc(O)cc2ccc(NCc3ccccc3)nc12. The molecule has 0 unspecified atom stereocenters. The molecule has 0 aliphatic rings. The number of phenolic OH excluding ortho intramolecular Hbond substituents is 1. The van der Waals surface area contributed by atoms with Gasteiger partial charge >= 0.3 is 0 Å². The minimum Gasteiger partial charge on any atom is -0.508 e. The number of nitrogens with zero attached hydrogens (tertiary/aromatic N) is 2. The van der Waals surface area contributed by atoms with Crippen LogP contribution in [0.3, 0.4) is 0 Å². The molecule has 1 heterocycles. The van der Waals surface area contributed by atoms with E-state index < -0.39 is 0 Å². The fourth-order valence-corrected chi connectivity index (χ4v) is 3.64. The van der Waals surface area contributed by atoms with Gasteiger partial charge in [-0.3, -0.25) is 0 Å². The lowest BCUT2D eigenvalue weighted by Gasteiger charge is -2.17. The summed E-state index contributed by atoms with van der Waals surface area (Å²) in [6.45, 7) is 9.45. The number of aromatic hydroxyl groups is 1. The summed E-state index contributed by atoms with van der Waals surface area (Å²) >= 11 is 0. The first-order valence-corrected chi connectivity index (χ1v) is 11.1. The summed E-state index contributed by atoms with van der Waals surface area (Å²) < 4.78 is 0. The first-order valence-electron chi connectivity index (χ1n) is 11.1. The molecule has 0 fully saturated rings. The van der Waals surface area contributed by atoms with Crippen LogP contribution in [0.2, 0.25) is 0 Å². The maximum absolute atomic E-state index is 10.1. The number of hydrogen-bond acceptors (Lipinski definition) is 5. The molecule has 0 aliphatic heterocycles. The minimum atomic E-state index is 0.262. The monoisotopic (exact) mass is 406 g/mol. The van der Waals surface area contributed by atoms with Gasteiger partial charge in [0, 0.05) is 24.5 Å². The average Bonchev–Trinajstić information content (AvgIpc) is 2.78. The van der Waals surface area contributed by atoms with Crippen LogP contribution < -0.4 is 10.6 Å². The van der Waals surface area contributed by atoms with Gasteiger partial charge in [-0.05, 0) is 56.2 Å². The number of fused-ring (bicyclic) bond motifs is 1. The molecule has 3 N–H and O–H groups in total. The lowest BCUT2D eigenvalue weighted by Crippen LogP contribution is -2.23. The maximum Gasteiger partial charge on any atom is 0.127 e. The molecule has 1 aromatic heterocycles. The summed E-state index contributed by atoms with van der Waals surface area (Å²) in [4.78, 5) is 7.26. The Labute approximate surface area is 180 Å². The zero-order chi connectivity index (χ0) is 21.2. The summed E-state index contributed by atoms with van der Waals surface area (Å²) in [5, 5.41) is 17.9. The van der Waals surface area contributed by atoms with Crippen LogP contribution in [-0.4, -0.2) is 41.2 Å². The van der Waals surface area contributed by atoms with Gasteiger partial charge in [0.15, 0.2) is 0 Å². The highest BCUT2D eigenvalue weighted by molar-refractivity contribution is 5.92. The standard InChI is InChI=1S/C25H34N4O/c1-3-29(4-2)16-10-6-9-15-26-23-18-22(30)17-21-13-14-24(28-25(21)23)27-19-20-11-7-5-8-12-20/h5,7-8,11-14,17-18,26,30H,3-4,6,9-10,15-16,19H2,1-2H3,(H,27,28). The van der Waals surface area contributed by atoms with Crippen molar-refractivity contribution in [1.82, 2.24) is 9.88 Å². The molecule has 3 rings (SSSR count). The van der Waals surface area contributed by atoms with Crippen molar-refractivity contribution in [2.24, 2.45) is 0 Å². The van der Waals surface area contributed by atoms with Crippen molar-refractivity contribution in [2.45, 2.75) is 39.7 Å². The van der Waals surface area contributed by atoms with Gasteiger partial charge in [0.2, 0.25) is 0 Å². The number of anilines is 2. The molecule has 5 heteroatoms. The van der Waals surface area contributed by atoms with E-state index in [1.54, 1.807) is 12.1 Å². The van der Waals surface area contributed by atoms with Crippen LogP contribution in [0.5, 0.6) is 5.75 Å². The fourth-order valence-electron chi connectivity index (χ4n) is 3.64. The number of aromatic nitrogens is 1. The molecule has 30 heavy (non-hydrogen) atoms. The highest BCUT2D eigenvalue weighted by Gasteiger charge is 2.07. The quantitative estimate of drug-likeness (QED) is 0.348. The molecule has 0 spiro atoms. The van der Waals surface area contributed by atoms with Gasteiger partial charge in [0.25, 0.3) is 0 Å². The number of hydrogen-bond donors (Lipinski definition) is 3. The van der Waals surface area contributed by atoms with E-state index in [0.717, 1.165) is 55.0 Å². The topological polar surface area (TPSA) is 60.4 Å². The number of unbranched alkanes of at least 4 members (excludes halogenated alkanes) is 2. The number of nitrogens with one attached hydrogen (secondary N) is 2. The molecule has 0 saturated carbocycles. The van der Waals surface area contributed by atoms with Gasteiger partial charge in [-0.1, -0.05) is 50.6 Å². The van der Waals surface area contributed by atoms with E-state index in [2.05, 4.69) is 41.5 Å². The van der Waals surface area contributed by atoms with Gasteiger partial charge in [-0.25, -0.2) is 4.98 Å². The second kappa shape index (κ2) is 11.4. The van der Waals surface area contributed by atoms with Gasteiger partial charge in [-0.2, -0.15) is 0 Å². The Morgan fingerprint density at radius 3 is 2.47 bits per heavy atom. The van der Waals surface area contributed by atoms with Crippen molar-refractivity contribution < 1.29 is 5.11 Å². The van der Waals surface area contributed by atoms with Crippen LogP contribution in [0.25, 0.3) is 10.9 Å². The molecule has 5 nitrogen and oxygen atoms in total. The second-order valence-corrected chi connectivity index (χ2v) is 7.62. The highest BCUT2D eigenvalue weighted by Crippen LogP contribution is 2.28. The Kier molecular flexibility index (Phi) is 8.33. The number of phenols is 1. The molecule has 0 saturated heterocycles. The Bertz CT molecular complexity index is 910. The molecule has 0 radical (unpaired) electrons. The maximum atomic E-state index is 10.1. The Balaban J connectivity index is 1.59. The van der Waals surface area contributed by atoms with Crippen molar-refractivity contribution in [1.29, 1.82) is 0 Å². The number of benzene rings is 2. The second-order valence-electron chi connectivity index (χ2n) is 7.62. The normalized spacial score (nSPS) is 11.2. The van der Waals surface area contributed by atoms with Crippen molar-refractivity contribution in [3.63, 3.8) is 0 Å². The number of rotatable bonds is 12. The minimum absolute atomic E-state index is 0.262. The first-order chi connectivity index (χ1) is 14.7. The first kappa shape index (κ1) is 21.9. The highest BCUT2D eigenvalue weighted by atomic mass is 16.3. The Morgan fingerprint density at radius 2 is 1.70 bits per heavy atom. The summed E-state index contributed by atoms with van der Waals surface area (Å²) in [7, 11) is 0. The van der Waals surface area contributed by atoms with E-state index in [9.17, 15) is 5.11 Å². The predicted molar refractivity (Wildman–Crippen MR) is 127 cm³/mol. The van der Waals surface area contributed by atoms with Crippen molar-refractivity contribution in [3.8, 4) is 5.75 Å². The van der Waals surface area contributed by atoms with E-state index >= 15 is 0 Å². The molecule has 0 bridgehead atoms. The van der Waals surface area contributed by atoms with E-state index in [4.69, 9.17) is 4.98 Å². The summed E-state index contributed by atoms with van der Waals surface area (Å²) in [6.07, 6.45) is 3.51. The molecule has 0 amide bonds. The van der Waals surface area contributed by atoms with Gasteiger partial charge in [-0.15, -0.1) is 0 Å². The summed E-state index contributed by atoms with van der Waals surface area (Å²) in [5.41, 5.74) is 2.99. The zero-order valence-electron chi connectivity index (χ0n) is 18.2. The zero-order valence-corrected chi connectivity index (χ0v) is 18.2. The van der Waals surface area contributed by atoms with Crippen molar-refractivity contribution >= 4 is 22.4 Å². The fraction of sp³-hybridized carbons (Fsp3) is 0.400. The molecule has 0 aliphatic carbocycles. The van der Waals surface area contributed by atoms with Crippen LogP contribution in [0.1, 0.15) is 38.7 Å². The Hall–Kier alpha value is -2.79. The van der Waals surface area contributed by atoms with Gasteiger partial charge in [0.1, 0.15) is 11.6 Å². The summed E-state index contributed by atoms with van der Waals surface area (Å²) in [6, 6.07) is 17.8. The van der Waals surface area contributed by atoms with Crippen LogP contribution in [0.4, 0.5) is 11.5 Å². The molecule has 3 aromatic rings. The molecule has 0 atom stereocenters. The van der Waals surface area contributed by atoms with Gasteiger partial charge in [0.05, 0.1) is 11.2 Å². The Morgan fingerprint density at radius 1 is 0.900 bits per heavy atom. The predicted octanol–water partition coefficient (Wildman–Crippen LogP) is 5.48. The van der Waals surface area contributed by atoms with Crippen LogP contribution >= 0.6 is 0 Å². The average molecular weight is 407 g/mol. The van der Waals surface area contributed by atoms with Crippen LogP contribution in [0.15, 0.2) is 54.6 Å². The lowest BCUT2D eigenvalue weighted by atomic mass is 10.1. The third kappa shape index (κ3) is 6.36. The van der Waals surface area contributed by atoms with Crippen molar-refractivity contribution in [3.05, 3.63) is 60.2 Å². The van der Waals surface area contributed by atoms with E-state index in [-0.39, 0.29) is 5.75 Å². The third-order valence-electron chi connectivity index (χ3n) is 5.45. The number of pyridine rings is 1. The molecule has 2 aromatic carbocycles. The largest absolute Gasteiger partial charge is 0.508 e. The van der Waals surface area contributed by atoms with Crippen molar-refractivity contribution in [2.75, 3.05) is 36.8 Å². The van der Waals surface area contributed by atoms with E-state index in [0.29, 0.717) is 0 Å². The smallest absolute Gasteiger partial charge is 0.127 e. The van der Waals surface area contributed by atoms with Crippen LogP contribution in [-0.2, 0) is 6.54 Å². The third-order valence-corrected chi connectivity index (χ3v) is 5.45. The lowest BCUT2D eigenvalue weighted by molar-refractivity contribution is 0.296. The van der Waals surface area contributed by atoms with E-state index in [1.165, 1.54) is 24.9 Å². The van der Waals surface area contributed by atoms with Crippen LogP contribution in [0, 0.1) is 0 Å². The van der Waals surface area contributed by atoms with Gasteiger partial charge < -0.3 is 20.6 Å². The molecular weight excluding hydrogens is 372 g/mol. The van der Waals surface area contributed by atoms with E-state index in [1.807, 2.05) is 30.3 Å². The summed E-state index contributed by atoms with van der Waals surface area (Å²) in [5.74, 6) is 1.10.